The minimum atomic E-state index is -0.116. The molecule has 1 amide bonds. The van der Waals surface area contributed by atoms with Gasteiger partial charge in [-0.15, -0.1) is 0 Å². The summed E-state index contributed by atoms with van der Waals surface area (Å²) in [5.74, 6) is 1.33. The fraction of sp³-hybridized carbons (Fsp3) is 0.500. The van der Waals surface area contributed by atoms with Gasteiger partial charge in [0.25, 0.3) is 5.91 Å². The van der Waals surface area contributed by atoms with Gasteiger partial charge in [-0.3, -0.25) is 4.79 Å². The molecule has 1 atom stereocenters. The number of hydrogen-bond donors (Lipinski definition) is 1. The van der Waals surface area contributed by atoms with Crippen LogP contribution in [0.2, 0.25) is 0 Å². The van der Waals surface area contributed by atoms with Gasteiger partial charge in [0.2, 0.25) is 0 Å². The number of halogens is 1. The number of carbonyl (C=O) groups excluding carboxylic acids is 1. The number of aromatic nitrogens is 1. The topological polar surface area (TPSA) is 57.7 Å². The number of piperidine rings is 1. The second-order valence-corrected chi connectivity index (χ2v) is 10.0. The van der Waals surface area contributed by atoms with Crippen molar-refractivity contribution in [3.8, 4) is 0 Å². The average Bonchev–Trinajstić information content (AvgIpc) is 3.53. The molecule has 2 aliphatic heterocycles. The zero-order chi connectivity index (χ0) is 21.4. The van der Waals surface area contributed by atoms with Crippen LogP contribution >= 0.6 is 15.9 Å². The van der Waals surface area contributed by atoms with E-state index in [0.717, 1.165) is 42.2 Å². The van der Waals surface area contributed by atoms with Gasteiger partial charge in [0.1, 0.15) is 11.6 Å². The maximum absolute atomic E-state index is 13.2. The lowest BCUT2D eigenvalue weighted by molar-refractivity contribution is 0.0529. The lowest BCUT2D eigenvalue weighted by Crippen LogP contribution is -2.41. The molecule has 3 aliphatic rings. The summed E-state index contributed by atoms with van der Waals surface area (Å²) < 4.78 is 6.62. The second-order valence-electron chi connectivity index (χ2n) is 9.11. The van der Waals surface area contributed by atoms with Crippen LogP contribution in [0.4, 0.5) is 17.3 Å². The Morgan fingerprint density at radius 3 is 2.68 bits per heavy atom. The molecule has 1 unspecified atom stereocenters. The Labute approximate surface area is 192 Å². The first-order chi connectivity index (χ1) is 15.0. The molecular weight excluding hydrogens is 456 g/mol. The predicted molar refractivity (Wildman–Crippen MR) is 127 cm³/mol. The number of ether oxygens (including phenoxy) is 1. The van der Waals surface area contributed by atoms with Crippen molar-refractivity contribution in [3.05, 3.63) is 46.4 Å². The van der Waals surface area contributed by atoms with Gasteiger partial charge in [0.15, 0.2) is 0 Å². The Bertz CT molecular complexity index is 968. The van der Waals surface area contributed by atoms with E-state index in [1.807, 2.05) is 30.3 Å². The first-order valence-corrected chi connectivity index (χ1v) is 12.0. The number of morpholine rings is 1. The molecule has 1 aromatic carbocycles. The van der Waals surface area contributed by atoms with Gasteiger partial charge < -0.3 is 19.9 Å². The lowest BCUT2D eigenvalue weighted by Gasteiger charge is -2.35. The third-order valence-electron chi connectivity index (χ3n) is 6.87. The number of carbonyl (C=O) groups is 1. The third kappa shape index (κ3) is 4.58. The minimum absolute atomic E-state index is 0.116. The van der Waals surface area contributed by atoms with Crippen LogP contribution in [-0.2, 0) is 4.74 Å². The minimum Gasteiger partial charge on any atom is -0.375 e. The van der Waals surface area contributed by atoms with Crippen LogP contribution in [0.25, 0.3) is 0 Å². The van der Waals surface area contributed by atoms with Crippen molar-refractivity contribution in [1.82, 2.24) is 4.98 Å². The lowest BCUT2D eigenvalue weighted by atomic mass is 9.93. The van der Waals surface area contributed by atoms with Gasteiger partial charge in [-0.25, -0.2) is 4.98 Å². The SMILES string of the molecule is CC1CN(c2cccc(NC(=O)c3ccc(Br)cc3N3CCC4(CC3)CC4)n2)CCO1. The molecule has 0 bridgehead atoms. The van der Waals surface area contributed by atoms with E-state index in [-0.39, 0.29) is 12.0 Å². The van der Waals surface area contributed by atoms with Crippen LogP contribution in [0, 0.1) is 5.41 Å². The number of amides is 1. The predicted octanol–water partition coefficient (Wildman–Crippen LogP) is 4.70. The first kappa shape index (κ1) is 20.8. The van der Waals surface area contributed by atoms with Crippen molar-refractivity contribution in [1.29, 1.82) is 0 Å². The van der Waals surface area contributed by atoms with Crippen molar-refractivity contribution in [3.63, 3.8) is 0 Å². The van der Waals surface area contributed by atoms with E-state index >= 15 is 0 Å². The smallest absolute Gasteiger partial charge is 0.258 e. The van der Waals surface area contributed by atoms with Crippen LogP contribution in [0.5, 0.6) is 0 Å². The van der Waals surface area contributed by atoms with Gasteiger partial charge in [-0.05, 0) is 68.4 Å². The highest BCUT2D eigenvalue weighted by Gasteiger charge is 2.44. The molecular formula is C24H29BrN4O2. The summed E-state index contributed by atoms with van der Waals surface area (Å²) >= 11 is 3.59. The molecule has 31 heavy (non-hydrogen) atoms. The molecule has 1 saturated carbocycles. The summed E-state index contributed by atoms with van der Waals surface area (Å²) in [5.41, 5.74) is 2.30. The largest absolute Gasteiger partial charge is 0.375 e. The Kier molecular flexibility index (Phi) is 5.65. The Balaban J connectivity index is 1.33. The molecule has 2 aromatic rings. The highest BCUT2D eigenvalue weighted by Crippen LogP contribution is 2.54. The second kappa shape index (κ2) is 8.43. The van der Waals surface area contributed by atoms with Crippen LogP contribution in [0.3, 0.4) is 0 Å². The van der Waals surface area contributed by atoms with Gasteiger partial charge in [0, 0.05) is 30.7 Å². The normalized spacial score (nSPS) is 22.5. The van der Waals surface area contributed by atoms with E-state index in [4.69, 9.17) is 9.72 Å². The molecule has 7 heteroatoms. The summed E-state index contributed by atoms with van der Waals surface area (Å²) in [7, 11) is 0. The molecule has 0 radical (unpaired) electrons. The van der Waals surface area contributed by atoms with Gasteiger partial charge in [0.05, 0.1) is 24.0 Å². The van der Waals surface area contributed by atoms with Crippen LogP contribution in [0.15, 0.2) is 40.9 Å². The molecule has 1 aromatic heterocycles. The number of anilines is 3. The Morgan fingerprint density at radius 2 is 1.94 bits per heavy atom. The van der Waals surface area contributed by atoms with E-state index in [1.54, 1.807) is 0 Å². The molecule has 6 nitrogen and oxygen atoms in total. The zero-order valence-corrected chi connectivity index (χ0v) is 19.5. The van der Waals surface area contributed by atoms with Gasteiger partial charge in [-0.1, -0.05) is 22.0 Å². The van der Waals surface area contributed by atoms with Crippen molar-refractivity contribution in [2.24, 2.45) is 5.41 Å². The summed E-state index contributed by atoms with van der Waals surface area (Å²) in [4.78, 5) is 22.5. The zero-order valence-electron chi connectivity index (χ0n) is 17.9. The van der Waals surface area contributed by atoms with Crippen LogP contribution in [0.1, 0.15) is 43.0 Å². The Hall–Kier alpha value is -2.12. The van der Waals surface area contributed by atoms with Crippen LogP contribution in [-0.4, -0.2) is 49.8 Å². The maximum Gasteiger partial charge on any atom is 0.258 e. The summed E-state index contributed by atoms with van der Waals surface area (Å²) in [5, 5.41) is 3.03. The van der Waals surface area contributed by atoms with E-state index in [1.165, 1.54) is 25.7 Å². The van der Waals surface area contributed by atoms with Gasteiger partial charge >= 0.3 is 0 Å². The highest BCUT2D eigenvalue weighted by molar-refractivity contribution is 9.10. The first-order valence-electron chi connectivity index (χ1n) is 11.2. The molecule has 164 valence electrons. The monoisotopic (exact) mass is 484 g/mol. The van der Waals surface area contributed by atoms with Crippen molar-refractivity contribution >= 4 is 39.2 Å². The fourth-order valence-corrected chi connectivity index (χ4v) is 5.09. The summed E-state index contributed by atoms with van der Waals surface area (Å²) in [6, 6.07) is 11.7. The Morgan fingerprint density at radius 1 is 1.13 bits per heavy atom. The molecule has 1 spiro atoms. The van der Waals surface area contributed by atoms with Gasteiger partial charge in [-0.2, -0.15) is 0 Å². The van der Waals surface area contributed by atoms with Crippen molar-refractivity contribution in [2.45, 2.75) is 38.7 Å². The molecule has 1 aliphatic carbocycles. The summed E-state index contributed by atoms with van der Waals surface area (Å²) in [6.07, 6.45) is 5.37. The number of hydrogen-bond acceptors (Lipinski definition) is 5. The van der Waals surface area contributed by atoms with E-state index < -0.39 is 0 Å². The summed E-state index contributed by atoms with van der Waals surface area (Å²) in [6.45, 7) is 6.40. The number of nitrogens with one attached hydrogen (secondary N) is 1. The standard InChI is InChI=1S/C24H29BrN4O2/c1-17-16-29(13-14-31-17)22-4-2-3-21(26-22)27-23(30)19-6-5-18(25)15-20(19)28-11-9-24(7-8-24)10-12-28/h2-6,15,17H,7-14,16H2,1H3,(H,26,27,30). The fourth-order valence-electron chi connectivity index (χ4n) is 4.74. The van der Waals surface area contributed by atoms with Crippen molar-refractivity contribution < 1.29 is 9.53 Å². The van der Waals surface area contributed by atoms with E-state index in [2.05, 4.69) is 44.0 Å². The number of benzene rings is 1. The number of nitrogens with zero attached hydrogens (tertiary/aromatic N) is 3. The van der Waals surface area contributed by atoms with Crippen molar-refractivity contribution in [2.75, 3.05) is 47.9 Å². The number of rotatable bonds is 4. The van der Waals surface area contributed by atoms with E-state index in [9.17, 15) is 4.79 Å². The molecule has 3 fully saturated rings. The van der Waals surface area contributed by atoms with E-state index in [0.29, 0.717) is 23.4 Å². The molecule has 1 N–H and O–H groups in total. The third-order valence-corrected chi connectivity index (χ3v) is 7.36. The number of pyridine rings is 1. The quantitative estimate of drug-likeness (QED) is 0.681. The average molecular weight is 485 g/mol. The molecule has 2 saturated heterocycles. The molecule has 3 heterocycles. The molecule has 5 rings (SSSR count). The highest BCUT2D eigenvalue weighted by atomic mass is 79.9. The maximum atomic E-state index is 13.2. The van der Waals surface area contributed by atoms with Crippen LogP contribution < -0.4 is 15.1 Å².